The Balaban J connectivity index is 2.46. The fourth-order valence-corrected chi connectivity index (χ4v) is 2.19. The summed E-state index contributed by atoms with van der Waals surface area (Å²) in [6.07, 6.45) is 1.05. The van der Waals surface area contributed by atoms with E-state index in [1.165, 1.54) is 0 Å². The van der Waals surface area contributed by atoms with E-state index < -0.39 is 11.5 Å². The lowest BCUT2D eigenvalue weighted by Gasteiger charge is -2.37. The van der Waals surface area contributed by atoms with Crippen molar-refractivity contribution in [1.29, 1.82) is 0 Å². The molecule has 0 amide bonds. The summed E-state index contributed by atoms with van der Waals surface area (Å²) in [5.74, 6) is -0.797. The van der Waals surface area contributed by atoms with Gasteiger partial charge in [-0.3, -0.25) is 9.69 Å². The van der Waals surface area contributed by atoms with E-state index in [0.717, 1.165) is 19.6 Å². The molecule has 1 saturated heterocycles. The van der Waals surface area contributed by atoms with Gasteiger partial charge < -0.3 is 15.2 Å². The van der Waals surface area contributed by atoms with Crippen molar-refractivity contribution < 1.29 is 14.6 Å². The Morgan fingerprint density at radius 1 is 1.47 bits per heavy atom. The van der Waals surface area contributed by atoms with Gasteiger partial charge in [0.15, 0.2) is 0 Å². The van der Waals surface area contributed by atoms with Crippen LogP contribution in [-0.4, -0.2) is 60.4 Å². The summed E-state index contributed by atoms with van der Waals surface area (Å²) in [7, 11) is 1.69. The predicted octanol–water partition coefficient (Wildman–Crippen LogP) is 0.548. The highest BCUT2D eigenvalue weighted by Crippen LogP contribution is 2.15. The number of hydrogen-bond donors (Lipinski definition) is 2. The Hall–Kier alpha value is -0.650. The van der Waals surface area contributed by atoms with Gasteiger partial charge in [-0.2, -0.15) is 0 Å². The third-order valence-corrected chi connectivity index (χ3v) is 3.45. The van der Waals surface area contributed by atoms with Crippen LogP contribution in [0, 0.1) is 0 Å². The van der Waals surface area contributed by atoms with E-state index >= 15 is 0 Å². The second-order valence-corrected chi connectivity index (χ2v) is 5.15. The number of carboxylic acid groups (broad SMARTS) is 1. The number of rotatable bonds is 5. The zero-order valence-electron chi connectivity index (χ0n) is 11.2. The molecule has 5 heteroatoms. The van der Waals surface area contributed by atoms with Crippen LogP contribution in [0.15, 0.2) is 0 Å². The molecule has 0 aromatic rings. The van der Waals surface area contributed by atoms with E-state index in [0.29, 0.717) is 6.42 Å². The van der Waals surface area contributed by atoms with Crippen molar-refractivity contribution in [2.75, 3.05) is 26.7 Å². The average molecular weight is 244 g/mol. The number of ether oxygens (including phenoxy) is 1. The summed E-state index contributed by atoms with van der Waals surface area (Å²) in [6.45, 7) is 8.37. The molecule has 5 nitrogen and oxygen atoms in total. The summed E-state index contributed by atoms with van der Waals surface area (Å²) >= 11 is 0. The number of morpholine rings is 1. The van der Waals surface area contributed by atoms with E-state index in [1.54, 1.807) is 14.0 Å². The van der Waals surface area contributed by atoms with E-state index in [4.69, 9.17) is 9.84 Å². The number of nitrogens with one attached hydrogen (secondary N) is 1. The first kappa shape index (κ1) is 14.4. The van der Waals surface area contributed by atoms with Crippen molar-refractivity contribution in [3.05, 3.63) is 0 Å². The molecule has 17 heavy (non-hydrogen) atoms. The molecule has 3 atom stereocenters. The van der Waals surface area contributed by atoms with Crippen LogP contribution in [0.1, 0.15) is 27.2 Å². The molecular weight excluding hydrogens is 220 g/mol. The van der Waals surface area contributed by atoms with Crippen LogP contribution < -0.4 is 5.32 Å². The number of nitrogens with zero attached hydrogens (tertiary/aromatic N) is 1. The normalized spacial score (nSPS) is 29.9. The van der Waals surface area contributed by atoms with Gasteiger partial charge in [-0.25, -0.2) is 0 Å². The Labute approximate surface area is 103 Å². The molecule has 1 fully saturated rings. The maximum Gasteiger partial charge on any atom is 0.323 e. The number of carboxylic acids is 1. The van der Waals surface area contributed by atoms with Crippen molar-refractivity contribution >= 4 is 5.97 Å². The Morgan fingerprint density at radius 2 is 2.00 bits per heavy atom. The van der Waals surface area contributed by atoms with Crippen LogP contribution in [0.25, 0.3) is 0 Å². The molecule has 0 radical (unpaired) electrons. The highest BCUT2D eigenvalue weighted by Gasteiger charge is 2.32. The maximum absolute atomic E-state index is 11.1. The number of hydrogen-bond acceptors (Lipinski definition) is 4. The number of aliphatic carboxylic acids is 1. The third kappa shape index (κ3) is 3.94. The van der Waals surface area contributed by atoms with Gasteiger partial charge in [0.05, 0.1) is 12.2 Å². The molecule has 0 spiro atoms. The molecule has 0 aliphatic carbocycles. The fraction of sp³-hybridized carbons (Fsp3) is 0.917. The largest absolute Gasteiger partial charge is 0.480 e. The molecule has 0 aromatic heterocycles. The van der Waals surface area contributed by atoms with Gasteiger partial charge in [-0.15, -0.1) is 0 Å². The molecule has 1 aliphatic rings. The summed E-state index contributed by atoms with van der Waals surface area (Å²) in [6, 6.07) is 0. The SMILES string of the molecule is CNC(C)(CCN1CC(C)OC(C)C1)C(=O)O. The number of likely N-dealkylation sites (N-methyl/N-ethyl adjacent to an activating group) is 1. The first-order chi connectivity index (χ1) is 7.87. The van der Waals surface area contributed by atoms with E-state index in [2.05, 4.69) is 24.1 Å². The maximum atomic E-state index is 11.1. The van der Waals surface area contributed by atoms with Crippen LogP contribution in [0.2, 0.25) is 0 Å². The molecule has 2 N–H and O–H groups in total. The van der Waals surface area contributed by atoms with Crippen molar-refractivity contribution in [2.45, 2.75) is 44.9 Å². The van der Waals surface area contributed by atoms with Crippen molar-refractivity contribution in [2.24, 2.45) is 0 Å². The van der Waals surface area contributed by atoms with Gasteiger partial charge in [0.2, 0.25) is 0 Å². The van der Waals surface area contributed by atoms with E-state index in [1.807, 2.05) is 0 Å². The van der Waals surface area contributed by atoms with Crippen LogP contribution in [-0.2, 0) is 9.53 Å². The summed E-state index contributed by atoms with van der Waals surface area (Å²) < 4.78 is 5.65. The smallest absolute Gasteiger partial charge is 0.323 e. The van der Waals surface area contributed by atoms with E-state index in [9.17, 15) is 4.79 Å². The Bertz CT molecular complexity index is 262. The third-order valence-electron chi connectivity index (χ3n) is 3.45. The van der Waals surface area contributed by atoms with Crippen molar-refractivity contribution in [3.63, 3.8) is 0 Å². The highest BCUT2D eigenvalue weighted by molar-refractivity contribution is 5.78. The lowest BCUT2D eigenvalue weighted by molar-refractivity contribution is -0.144. The molecule has 0 bridgehead atoms. The lowest BCUT2D eigenvalue weighted by atomic mass is 9.98. The minimum Gasteiger partial charge on any atom is -0.480 e. The Morgan fingerprint density at radius 3 is 2.41 bits per heavy atom. The van der Waals surface area contributed by atoms with Crippen LogP contribution in [0.3, 0.4) is 0 Å². The van der Waals surface area contributed by atoms with Crippen molar-refractivity contribution in [1.82, 2.24) is 10.2 Å². The lowest BCUT2D eigenvalue weighted by Crippen LogP contribution is -2.52. The topological polar surface area (TPSA) is 61.8 Å². The molecule has 1 heterocycles. The molecule has 100 valence electrons. The van der Waals surface area contributed by atoms with Crippen LogP contribution in [0.5, 0.6) is 0 Å². The van der Waals surface area contributed by atoms with Gasteiger partial charge in [-0.05, 0) is 34.2 Å². The second-order valence-electron chi connectivity index (χ2n) is 5.15. The van der Waals surface area contributed by atoms with Gasteiger partial charge >= 0.3 is 5.97 Å². The molecular formula is C12H24N2O3. The standard InChI is InChI=1S/C12H24N2O3/c1-9-7-14(8-10(2)17-9)6-5-12(3,13-4)11(15)16/h9-10,13H,5-8H2,1-4H3,(H,15,16). The summed E-state index contributed by atoms with van der Waals surface area (Å²) in [4.78, 5) is 13.4. The predicted molar refractivity (Wildman–Crippen MR) is 66.2 cm³/mol. The Kier molecular flexibility index (Phi) is 4.91. The van der Waals surface area contributed by atoms with Crippen molar-refractivity contribution in [3.8, 4) is 0 Å². The first-order valence-electron chi connectivity index (χ1n) is 6.17. The average Bonchev–Trinajstić information content (AvgIpc) is 2.24. The monoisotopic (exact) mass is 244 g/mol. The minimum absolute atomic E-state index is 0.226. The zero-order valence-corrected chi connectivity index (χ0v) is 11.2. The second kappa shape index (κ2) is 5.80. The van der Waals surface area contributed by atoms with Gasteiger partial charge in [0.1, 0.15) is 5.54 Å². The quantitative estimate of drug-likeness (QED) is 0.739. The van der Waals surface area contributed by atoms with Crippen LogP contribution >= 0.6 is 0 Å². The van der Waals surface area contributed by atoms with E-state index in [-0.39, 0.29) is 12.2 Å². The van der Waals surface area contributed by atoms with Gasteiger partial charge in [-0.1, -0.05) is 0 Å². The van der Waals surface area contributed by atoms with Crippen LogP contribution in [0.4, 0.5) is 0 Å². The summed E-state index contributed by atoms with van der Waals surface area (Å²) in [5.41, 5.74) is -0.842. The molecule has 3 unspecified atom stereocenters. The number of carbonyl (C=O) groups is 1. The fourth-order valence-electron chi connectivity index (χ4n) is 2.19. The molecule has 1 aliphatic heterocycles. The highest BCUT2D eigenvalue weighted by atomic mass is 16.5. The first-order valence-corrected chi connectivity index (χ1v) is 6.17. The molecule has 0 aromatic carbocycles. The zero-order chi connectivity index (χ0) is 13.1. The molecule has 1 rings (SSSR count). The molecule has 0 saturated carbocycles. The minimum atomic E-state index is -0.842. The van der Waals surface area contributed by atoms with Gasteiger partial charge in [0, 0.05) is 19.6 Å². The summed E-state index contributed by atoms with van der Waals surface area (Å²) in [5, 5.41) is 12.0. The van der Waals surface area contributed by atoms with Gasteiger partial charge in [0.25, 0.3) is 0 Å².